The highest BCUT2D eigenvalue weighted by Crippen LogP contribution is 2.97. The Bertz CT molecular complexity index is 359. The van der Waals surface area contributed by atoms with Gasteiger partial charge in [0, 0.05) is 6.07 Å². The van der Waals surface area contributed by atoms with E-state index < -0.39 is 22.0 Å². The molecule has 2 nitrogen and oxygen atoms in total. The van der Waals surface area contributed by atoms with Crippen molar-refractivity contribution >= 4 is 10.5 Å². The summed E-state index contributed by atoms with van der Waals surface area (Å²) in [5.41, 5.74) is 0. The van der Waals surface area contributed by atoms with Crippen LogP contribution in [-0.2, 0) is 0 Å². The molecule has 0 heterocycles. The highest BCUT2D eigenvalue weighted by Gasteiger charge is 2.67. The van der Waals surface area contributed by atoms with Crippen LogP contribution in [0.1, 0.15) is 0 Å². The fourth-order valence-electron chi connectivity index (χ4n) is 0.717. The van der Waals surface area contributed by atoms with E-state index in [1.165, 1.54) is 0 Å². The SMILES string of the molecule is Oc1cccc(OS(F)(F)(F)(F)F)c1. The predicted molar refractivity (Wildman–Crippen MR) is 41.9 cm³/mol. The first-order chi connectivity index (χ1) is 5.95. The lowest BCUT2D eigenvalue weighted by molar-refractivity contribution is 0.243. The largest absolute Gasteiger partial charge is 0.508 e. The summed E-state index contributed by atoms with van der Waals surface area (Å²) < 4.78 is 61.3. The van der Waals surface area contributed by atoms with E-state index >= 15 is 0 Å². The van der Waals surface area contributed by atoms with Gasteiger partial charge in [-0.2, -0.15) is 0 Å². The zero-order chi connectivity index (χ0) is 11.1. The Morgan fingerprint density at radius 1 is 1.07 bits per heavy atom. The molecule has 0 aromatic heterocycles. The Balaban J connectivity index is 3.02. The first-order valence-electron chi connectivity index (χ1n) is 3.19. The Labute approximate surface area is 75.8 Å². The summed E-state index contributed by atoms with van der Waals surface area (Å²) in [7, 11) is -9.92. The molecule has 0 atom stereocenters. The third kappa shape index (κ3) is 4.17. The minimum atomic E-state index is -9.92. The zero-order valence-corrected chi connectivity index (χ0v) is 7.28. The maximum absolute atomic E-state index is 11.7. The van der Waals surface area contributed by atoms with Gasteiger partial charge in [-0.15, -0.1) is 0 Å². The summed E-state index contributed by atoms with van der Waals surface area (Å²) >= 11 is 0. The van der Waals surface area contributed by atoms with E-state index in [-0.39, 0.29) is 0 Å². The lowest BCUT2D eigenvalue weighted by Gasteiger charge is -2.38. The van der Waals surface area contributed by atoms with Gasteiger partial charge < -0.3 is 9.29 Å². The molecule has 0 spiro atoms. The third-order valence-corrected chi connectivity index (χ3v) is 1.58. The molecule has 1 N–H and O–H groups in total. The van der Waals surface area contributed by atoms with Crippen molar-refractivity contribution in [3.05, 3.63) is 24.3 Å². The Morgan fingerprint density at radius 3 is 2.07 bits per heavy atom. The van der Waals surface area contributed by atoms with Crippen LogP contribution in [0.3, 0.4) is 0 Å². The molecule has 14 heavy (non-hydrogen) atoms. The predicted octanol–water partition coefficient (Wildman–Crippen LogP) is 3.98. The van der Waals surface area contributed by atoms with Gasteiger partial charge in [0.25, 0.3) is 0 Å². The zero-order valence-electron chi connectivity index (χ0n) is 6.46. The maximum Gasteiger partial charge on any atom is 0.435 e. The van der Waals surface area contributed by atoms with Crippen LogP contribution < -0.4 is 4.18 Å². The Morgan fingerprint density at radius 2 is 1.64 bits per heavy atom. The van der Waals surface area contributed by atoms with E-state index in [1.807, 2.05) is 0 Å². The van der Waals surface area contributed by atoms with Crippen molar-refractivity contribution in [1.82, 2.24) is 0 Å². The molecule has 0 fully saturated rings. The van der Waals surface area contributed by atoms with E-state index in [1.54, 1.807) is 0 Å². The van der Waals surface area contributed by atoms with Crippen LogP contribution in [0, 0.1) is 0 Å². The first kappa shape index (κ1) is 10.9. The van der Waals surface area contributed by atoms with Gasteiger partial charge in [-0.05, 0) is 12.1 Å². The smallest absolute Gasteiger partial charge is 0.435 e. The summed E-state index contributed by atoms with van der Waals surface area (Å²) in [5, 5.41) is 8.70. The number of phenolic OH excluding ortho intramolecular Hbond substituents is 1. The quantitative estimate of drug-likeness (QED) is 0.787. The second-order valence-corrected chi connectivity index (χ2v) is 4.44. The summed E-state index contributed by atoms with van der Waals surface area (Å²) in [5.74, 6) is -1.74. The third-order valence-electron chi connectivity index (χ3n) is 1.07. The van der Waals surface area contributed by atoms with Gasteiger partial charge in [0.15, 0.2) is 0 Å². The van der Waals surface area contributed by atoms with Crippen molar-refractivity contribution in [2.45, 2.75) is 0 Å². The van der Waals surface area contributed by atoms with Gasteiger partial charge in [0.05, 0.1) is 0 Å². The van der Waals surface area contributed by atoms with Gasteiger partial charge in [0.2, 0.25) is 0 Å². The molecular formula is C6H5F5O2S. The fraction of sp³-hybridized carbons (Fsp3) is 0. The van der Waals surface area contributed by atoms with Gasteiger partial charge in [-0.25, -0.2) is 0 Å². The van der Waals surface area contributed by atoms with Gasteiger partial charge in [0.1, 0.15) is 11.5 Å². The lowest BCUT2D eigenvalue weighted by Crippen LogP contribution is -2.13. The summed E-state index contributed by atoms with van der Waals surface area (Å²) in [6.45, 7) is 0. The Hall–Kier alpha value is -1.18. The summed E-state index contributed by atoms with van der Waals surface area (Å²) in [6.07, 6.45) is 0. The fourth-order valence-corrected chi connectivity index (χ4v) is 1.18. The first-order valence-corrected chi connectivity index (χ1v) is 5.06. The van der Waals surface area contributed by atoms with Gasteiger partial charge in [-0.1, -0.05) is 25.5 Å². The number of benzene rings is 1. The van der Waals surface area contributed by atoms with Crippen LogP contribution >= 0.6 is 10.5 Å². The maximum atomic E-state index is 11.7. The topological polar surface area (TPSA) is 29.5 Å². The molecule has 0 unspecified atom stereocenters. The van der Waals surface area contributed by atoms with E-state index in [4.69, 9.17) is 5.11 Å². The molecule has 0 aliphatic carbocycles. The van der Waals surface area contributed by atoms with Crippen LogP contribution in [0.25, 0.3) is 0 Å². The summed E-state index contributed by atoms with van der Waals surface area (Å²) in [6, 6.07) is 3.09. The van der Waals surface area contributed by atoms with Crippen molar-refractivity contribution in [2.24, 2.45) is 0 Å². The molecule has 1 aromatic carbocycles. The van der Waals surface area contributed by atoms with E-state index in [0.29, 0.717) is 12.1 Å². The number of aromatic hydroxyl groups is 1. The second kappa shape index (κ2) is 2.25. The van der Waals surface area contributed by atoms with Crippen LogP contribution in [-0.4, -0.2) is 5.11 Å². The average molecular weight is 236 g/mol. The molecule has 0 saturated heterocycles. The molecule has 1 aromatic rings. The van der Waals surface area contributed by atoms with Crippen molar-refractivity contribution in [1.29, 1.82) is 0 Å². The molecule has 0 aliphatic rings. The van der Waals surface area contributed by atoms with Gasteiger partial charge in [-0.3, -0.25) is 0 Å². The van der Waals surface area contributed by atoms with Crippen LogP contribution in [0.15, 0.2) is 24.3 Å². The van der Waals surface area contributed by atoms with E-state index in [9.17, 15) is 19.4 Å². The Kier molecular flexibility index (Phi) is 1.75. The highest BCUT2D eigenvalue weighted by molar-refractivity contribution is 8.42. The van der Waals surface area contributed by atoms with Crippen molar-refractivity contribution in [3.8, 4) is 11.5 Å². The molecule has 0 radical (unpaired) electrons. The number of rotatable bonds is 2. The van der Waals surface area contributed by atoms with Crippen molar-refractivity contribution in [3.63, 3.8) is 0 Å². The molecule has 8 heteroatoms. The number of hydrogen-bond donors (Lipinski definition) is 1. The normalized spacial score (nSPS) is 16.9. The molecule has 82 valence electrons. The lowest BCUT2D eigenvalue weighted by atomic mass is 10.3. The minimum absolute atomic E-state index is 0.442. The number of hydrogen-bond acceptors (Lipinski definition) is 2. The highest BCUT2D eigenvalue weighted by atomic mass is 32.5. The van der Waals surface area contributed by atoms with E-state index in [2.05, 4.69) is 4.18 Å². The molecule has 0 bridgehead atoms. The average Bonchev–Trinajstić information content (AvgIpc) is 1.78. The van der Waals surface area contributed by atoms with Gasteiger partial charge >= 0.3 is 10.5 Å². The molecule has 1 rings (SSSR count). The van der Waals surface area contributed by atoms with Crippen molar-refractivity contribution in [2.75, 3.05) is 0 Å². The summed E-state index contributed by atoms with van der Waals surface area (Å²) in [4.78, 5) is 0. The van der Waals surface area contributed by atoms with Crippen LogP contribution in [0.5, 0.6) is 11.5 Å². The molecule has 0 aliphatic heterocycles. The second-order valence-electron chi connectivity index (χ2n) is 2.48. The standard InChI is InChI=1S/C6H5F5O2S/c7-14(8,9,10,11)13-6-3-1-2-5(12)4-6/h1-4,12H. The molecule has 0 saturated carbocycles. The minimum Gasteiger partial charge on any atom is -0.508 e. The van der Waals surface area contributed by atoms with Crippen molar-refractivity contribution < 1.29 is 28.7 Å². The van der Waals surface area contributed by atoms with E-state index in [0.717, 1.165) is 12.1 Å². The number of phenols is 1. The molecular weight excluding hydrogens is 231 g/mol. The molecule has 0 amide bonds. The monoisotopic (exact) mass is 236 g/mol. The van der Waals surface area contributed by atoms with Crippen LogP contribution in [0.2, 0.25) is 0 Å². The number of halogens is 5. The van der Waals surface area contributed by atoms with Crippen LogP contribution in [0.4, 0.5) is 19.4 Å².